The van der Waals surface area contributed by atoms with Crippen LogP contribution in [0.25, 0.3) is 0 Å². The molecule has 3 N–H and O–H groups in total. The van der Waals surface area contributed by atoms with Crippen molar-refractivity contribution in [1.29, 1.82) is 0 Å². The van der Waals surface area contributed by atoms with E-state index >= 15 is 0 Å². The summed E-state index contributed by atoms with van der Waals surface area (Å²) in [7, 11) is 1.55. The first-order valence-electron chi connectivity index (χ1n) is 9.79. The summed E-state index contributed by atoms with van der Waals surface area (Å²) in [5.41, 5.74) is 2.51. The lowest BCUT2D eigenvalue weighted by molar-refractivity contribution is 0.0938. The van der Waals surface area contributed by atoms with Crippen LogP contribution in [0.3, 0.4) is 0 Å². The van der Waals surface area contributed by atoms with Gasteiger partial charge in [0, 0.05) is 16.8 Å². The van der Waals surface area contributed by atoms with Crippen LogP contribution in [0.2, 0.25) is 0 Å². The van der Waals surface area contributed by atoms with Gasteiger partial charge in [-0.15, -0.1) is 0 Å². The lowest BCUT2D eigenvalue weighted by Gasteiger charge is -2.15. The summed E-state index contributed by atoms with van der Waals surface area (Å²) in [6.45, 7) is 1.93. The molecule has 0 bridgehead atoms. The number of thiocarbonyl (C=S) groups is 1. The molecule has 0 spiro atoms. The summed E-state index contributed by atoms with van der Waals surface area (Å²) in [5, 5.41) is 8.67. The van der Waals surface area contributed by atoms with E-state index in [9.17, 15) is 9.59 Å². The molecule has 1 atom stereocenters. The number of carbonyl (C=O) groups excluding carboxylic acids is 2. The van der Waals surface area contributed by atoms with E-state index in [1.807, 2.05) is 37.3 Å². The number of anilines is 1. The van der Waals surface area contributed by atoms with Gasteiger partial charge in [0.15, 0.2) is 5.11 Å². The second-order valence-corrected chi connectivity index (χ2v) is 8.21. The molecule has 0 saturated heterocycles. The van der Waals surface area contributed by atoms with E-state index in [4.69, 9.17) is 17.0 Å². The van der Waals surface area contributed by atoms with Crippen LogP contribution in [0, 0.1) is 0 Å². The highest BCUT2D eigenvalue weighted by Gasteiger charge is 2.13. The quantitative estimate of drug-likeness (QED) is 0.402. The molecule has 0 aliphatic heterocycles. The van der Waals surface area contributed by atoms with Crippen molar-refractivity contribution in [2.75, 3.05) is 12.4 Å². The third-order valence-electron chi connectivity index (χ3n) is 4.67. The number of benzene rings is 3. The van der Waals surface area contributed by atoms with E-state index < -0.39 is 0 Å². The van der Waals surface area contributed by atoms with Crippen molar-refractivity contribution < 1.29 is 14.3 Å². The molecule has 3 aromatic carbocycles. The van der Waals surface area contributed by atoms with Crippen molar-refractivity contribution in [2.45, 2.75) is 13.0 Å². The van der Waals surface area contributed by atoms with Crippen LogP contribution in [-0.2, 0) is 0 Å². The van der Waals surface area contributed by atoms with E-state index in [0.717, 1.165) is 5.56 Å². The number of rotatable bonds is 6. The van der Waals surface area contributed by atoms with Crippen LogP contribution in [0.5, 0.6) is 5.75 Å². The van der Waals surface area contributed by atoms with E-state index in [0.29, 0.717) is 27.0 Å². The molecule has 3 rings (SSSR count). The first-order valence-corrected chi connectivity index (χ1v) is 11.0. The molecule has 6 nitrogen and oxygen atoms in total. The second kappa shape index (κ2) is 10.9. The van der Waals surface area contributed by atoms with Crippen molar-refractivity contribution in [2.24, 2.45) is 0 Å². The molecule has 0 radical (unpaired) electrons. The normalized spacial score (nSPS) is 11.2. The highest BCUT2D eigenvalue weighted by Crippen LogP contribution is 2.25. The maximum Gasteiger partial charge on any atom is 0.257 e. The first kappa shape index (κ1) is 23.4. The Hall–Kier alpha value is -3.23. The minimum atomic E-state index is -0.364. The summed E-state index contributed by atoms with van der Waals surface area (Å²) >= 11 is 8.61. The van der Waals surface area contributed by atoms with Gasteiger partial charge in [-0.3, -0.25) is 14.9 Å². The van der Waals surface area contributed by atoms with Crippen LogP contribution in [0.15, 0.2) is 77.3 Å². The van der Waals surface area contributed by atoms with Crippen LogP contribution in [0.1, 0.15) is 39.2 Å². The van der Waals surface area contributed by atoms with E-state index in [1.54, 1.807) is 49.6 Å². The van der Waals surface area contributed by atoms with Gasteiger partial charge in [0.25, 0.3) is 11.8 Å². The van der Waals surface area contributed by atoms with E-state index in [-0.39, 0.29) is 23.0 Å². The molecule has 1 unspecified atom stereocenters. The predicted molar refractivity (Wildman–Crippen MR) is 133 cm³/mol. The summed E-state index contributed by atoms with van der Waals surface area (Å²) in [4.78, 5) is 25.1. The van der Waals surface area contributed by atoms with Crippen LogP contribution in [-0.4, -0.2) is 24.0 Å². The largest absolute Gasteiger partial charge is 0.496 e. The third kappa shape index (κ3) is 6.15. The van der Waals surface area contributed by atoms with Gasteiger partial charge in [-0.2, -0.15) is 0 Å². The lowest BCUT2D eigenvalue weighted by atomic mass is 10.1. The Bertz CT molecular complexity index is 1140. The summed E-state index contributed by atoms with van der Waals surface area (Å²) in [6, 6.07) is 21.5. The van der Waals surface area contributed by atoms with Gasteiger partial charge in [-0.1, -0.05) is 36.4 Å². The number of methoxy groups -OCH3 is 1. The van der Waals surface area contributed by atoms with Gasteiger partial charge in [-0.25, -0.2) is 0 Å². The molecule has 164 valence electrons. The fourth-order valence-electron chi connectivity index (χ4n) is 2.99. The van der Waals surface area contributed by atoms with E-state index in [2.05, 4.69) is 31.9 Å². The molecular weight excluding hydrogens is 490 g/mol. The van der Waals surface area contributed by atoms with E-state index in [1.165, 1.54) is 0 Å². The van der Waals surface area contributed by atoms with Crippen LogP contribution < -0.4 is 20.7 Å². The first-order chi connectivity index (χ1) is 15.4. The maximum absolute atomic E-state index is 12.7. The zero-order valence-electron chi connectivity index (χ0n) is 17.5. The van der Waals surface area contributed by atoms with Gasteiger partial charge in [0.05, 0.1) is 17.6 Å². The number of carbonyl (C=O) groups is 2. The molecule has 3 aromatic rings. The number of nitrogens with one attached hydrogen (secondary N) is 3. The Morgan fingerprint density at radius 3 is 2.34 bits per heavy atom. The van der Waals surface area contributed by atoms with Crippen LogP contribution >= 0.6 is 28.1 Å². The van der Waals surface area contributed by atoms with Gasteiger partial charge in [0.2, 0.25) is 0 Å². The number of amides is 2. The molecule has 32 heavy (non-hydrogen) atoms. The molecular formula is C24H22BrN3O3S. The van der Waals surface area contributed by atoms with Gasteiger partial charge >= 0.3 is 0 Å². The molecule has 0 aromatic heterocycles. The predicted octanol–water partition coefficient (Wildman–Crippen LogP) is 5.08. The fraction of sp³-hybridized carbons (Fsp3) is 0.125. The number of halogens is 1. The van der Waals surface area contributed by atoms with Crippen molar-refractivity contribution in [3.05, 3.63) is 94.0 Å². The fourth-order valence-corrected chi connectivity index (χ4v) is 3.74. The number of hydrogen-bond donors (Lipinski definition) is 3. The topological polar surface area (TPSA) is 79.5 Å². The zero-order chi connectivity index (χ0) is 23.1. The highest BCUT2D eigenvalue weighted by molar-refractivity contribution is 9.10. The summed E-state index contributed by atoms with van der Waals surface area (Å²) in [5.74, 6) is 0.0541. The zero-order valence-corrected chi connectivity index (χ0v) is 19.9. The minimum Gasteiger partial charge on any atom is -0.496 e. The standard InChI is InChI=1S/C24H22BrN3O3S/c1-15(16-7-4-3-5-8-16)26-22(29)17-9-6-10-19(13-17)27-24(32)28-23(30)18-11-12-21(31-2)20(25)14-18/h3-15H,1-2H3,(H,26,29)(H2,27,28,30,32). The molecule has 0 saturated carbocycles. The van der Waals surface area contributed by atoms with Crippen molar-refractivity contribution >= 4 is 50.8 Å². The summed E-state index contributed by atoms with van der Waals surface area (Å²) in [6.07, 6.45) is 0. The highest BCUT2D eigenvalue weighted by atomic mass is 79.9. The number of ether oxygens (including phenoxy) is 1. The molecule has 0 fully saturated rings. The molecule has 8 heteroatoms. The average molecular weight is 512 g/mol. The molecule has 0 aliphatic carbocycles. The van der Waals surface area contributed by atoms with Crippen molar-refractivity contribution in [3.63, 3.8) is 0 Å². The lowest BCUT2D eigenvalue weighted by Crippen LogP contribution is -2.34. The van der Waals surface area contributed by atoms with Crippen molar-refractivity contribution in [1.82, 2.24) is 10.6 Å². The van der Waals surface area contributed by atoms with Gasteiger partial charge in [0.1, 0.15) is 5.75 Å². The molecule has 0 heterocycles. The average Bonchev–Trinajstić information content (AvgIpc) is 2.79. The second-order valence-electron chi connectivity index (χ2n) is 6.94. The maximum atomic E-state index is 12.7. The Morgan fingerprint density at radius 2 is 1.66 bits per heavy atom. The monoisotopic (exact) mass is 511 g/mol. The van der Waals surface area contributed by atoms with Gasteiger partial charge in [-0.05, 0) is 77.0 Å². The van der Waals surface area contributed by atoms with Gasteiger partial charge < -0.3 is 15.4 Å². The summed E-state index contributed by atoms with van der Waals surface area (Å²) < 4.78 is 5.83. The molecule has 0 aliphatic rings. The minimum absolute atomic E-state index is 0.122. The number of hydrogen-bond acceptors (Lipinski definition) is 4. The Kier molecular flexibility index (Phi) is 7.97. The Labute approximate surface area is 200 Å². The SMILES string of the molecule is COc1ccc(C(=O)NC(=S)Nc2cccc(C(=O)NC(C)c3ccccc3)c2)cc1Br. The van der Waals surface area contributed by atoms with Crippen LogP contribution in [0.4, 0.5) is 5.69 Å². The molecule has 2 amide bonds. The smallest absolute Gasteiger partial charge is 0.257 e. The third-order valence-corrected chi connectivity index (χ3v) is 5.49. The van der Waals surface area contributed by atoms with Crippen molar-refractivity contribution in [3.8, 4) is 5.75 Å². The Balaban J connectivity index is 1.61. The Morgan fingerprint density at radius 1 is 0.938 bits per heavy atom.